The van der Waals surface area contributed by atoms with Crippen molar-refractivity contribution in [3.05, 3.63) is 0 Å². The summed E-state index contributed by atoms with van der Waals surface area (Å²) < 4.78 is 0. The van der Waals surface area contributed by atoms with Gasteiger partial charge >= 0.3 is 0 Å². The van der Waals surface area contributed by atoms with E-state index in [1.54, 1.807) is 0 Å². The first kappa shape index (κ1) is 15.3. The fourth-order valence-corrected chi connectivity index (χ4v) is 3.98. The van der Waals surface area contributed by atoms with Crippen LogP contribution in [0.5, 0.6) is 0 Å². The Morgan fingerprint density at radius 1 is 1.11 bits per heavy atom. The summed E-state index contributed by atoms with van der Waals surface area (Å²) in [6.07, 6.45) is 8.55. The molecule has 19 heavy (non-hydrogen) atoms. The minimum atomic E-state index is 0.679. The lowest BCUT2D eigenvalue weighted by Gasteiger charge is -2.36. The SMILES string of the molecule is CCNC(CC1CCCC1)C1CN(C)CCCN1C. The van der Waals surface area contributed by atoms with Crippen LogP contribution in [0.3, 0.4) is 0 Å². The maximum atomic E-state index is 3.79. The lowest BCUT2D eigenvalue weighted by atomic mass is 9.92. The van der Waals surface area contributed by atoms with E-state index >= 15 is 0 Å². The van der Waals surface area contributed by atoms with Crippen LogP contribution in [0.15, 0.2) is 0 Å². The van der Waals surface area contributed by atoms with Crippen molar-refractivity contribution < 1.29 is 0 Å². The second-order valence-electron chi connectivity index (χ2n) is 6.71. The molecule has 0 bridgehead atoms. The third-order valence-electron chi connectivity index (χ3n) is 5.11. The van der Waals surface area contributed by atoms with Gasteiger partial charge in [-0.15, -0.1) is 0 Å². The molecule has 2 atom stereocenters. The molecule has 0 amide bonds. The van der Waals surface area contributed by atoms with Gasteiger partial charge in [0.05, 0.1) is 0 Å². The highest BCUT2D eigenvalue weighted by Crippen LogP contribution is 2.30. The lowest BCUT2D eigenvalue weighted by Crippen LogP contribution is -2.52. The van der Waals surface area contributed by atoms with Crippen LogP contribution in [0, 0.1) is 5.92 Å². The number of rotatable bonds is 5. The molecular weight excluding hydrogens is 234 g/mol. The largest absolute Gasteiger partial charge is 0.313 e. The molecule has 0 aromatic heterocycles. The van der Waals surface area contributed by atoms with Crippen molar-refractivity contribution in [2.45, 2.75) is 57.5 Å². The van der Waals surface area contributed by atoms with Gasteiger partial charge in [-0.3, -0.25) is 0 Å². The van der Waals surface area contributed by atoms with Gasteiger partial charge in [-0.1, -0.05) is 32.6 Å². The molecule has 1 saturated carbocycles. The molecule has 2 rings (SSSR count). The number of nitrogens with one attached hydrogen (secondary N) is 1. The first-order chi connectivity index (χ1) is 9.20. The van der Waals surface area contributed by atoms with E-state index in [4.69, 9.17) is 0 Å². The van der Waals surface area contributed by atoms with E-state index < -0.39 is 0 Å². The summed E-state index contributed by atoms with van der Waals surface area (Å²) in [6.45, 7) is 7.08. The third-order valence-corrected chi connectivity index (χ3v) is 5.11. The summed E-state index contributed by atoms with van der Waals surface area (Å²) in [5.41, 5.74) is 0. The first-order valence-electron chi connectivity index (χ1n) is 8.33. The van der Waals surface area contributed by atoms with Gasteiger partial charge in [0.25, 0.3) is 0 Å². The van der Waals surface area contributed by atoms with Gasteiger partial charge in [-0.05, 0) is 52.5 Å². The summed E-state index contributed by atoms with van der Waals surface area (Å²) >= 11 is 0. The molecule has 1 saturated heterocycles. The normalized spacial score (nSPS) is 29.5. The lowest BCUT2D eigenvalue weighted by molar-refractivity contribution is 0.162. The molecule has 3 heteroatoms. The third kappa shape index (κ3) is 4.44. The first-order valence-corrected chi connectivity index (χ1v) is 8.33. The molecule has 0 spiro atoms. The Morgan fingerprint density at radius 3 is 2.53 bits per heavy atom. The number of likely N-dealkylation sites (N-methyl/N-ethyl adjacent to an activating group) is 3. The standard InChI is InChI=1S/C16H33N3/c1-4-17-15(12-14-8-5-6-9-14)16-13-18(2)10-7-11-19(16)3/h14-17H,4-13H2,1-3H3. The summed E-state index contributed by atoms with van der Waals surface area (Å²) in [5, 5.41) is 3.79. The Morgan fingerprint density at radius 2 is 1.84 bits per heavy atom. The summed E-state index contributed by atoms with van der Waals surface area (Å²) in [6, 6.07) is 1.37. The Kier molecular flexibility index (Phi) is 6.11. The second-order valence-corrected chi connectivity index (χ2v) is 6.71. The van der Waals surface area contributed by atoms with Crippen LogP contribution in [0.4, 0.5) is 0 Å². The predicted molar refractivity (Wildman–Crippen MR) is 82.6 cm³/mol. The van der Waals surface area contributed by atoms with Gasteiger partial charge in [0.15, 0.2) is 0 Å². The molecule has 1 heterocycles. The monoisotopic (exact) mass is 267 g/mol. The van der Waals surface area contributed by atoms with Crippen LogP contribution >= 0.6 is 0 Å². The van der Waals surface area contributed by atoms with Crippen molar-refractivity contribution >= 4 is 0 Å². The molecular formula is C16H33N3. The molecule has 2 aliphatic rings. The average Bonchev–Trinajstić information content (AvgIpc) is 2.82. The molecule has 0 radical (unpaired) electrons. The fourth-order valence-electron chi connectivity index (χ4n) is 3.98. The topological polar surface area (TPSA) is 18.5 Å². The van der Waals surface area contributed by atoms with Crippen molar-refractivity contribution in [1.29, 1.82) is 0 Å². The van der Waals surface area contributed by atoms with Crippen LogP contribution < -0.4 is 5.32 Å². The number of hydrogen-bond donors (Lipinski definition) is 1. The van der Waals surface area contributed by atoms with Crippen molar-refractivity contribution in [3.8, 4) is 0 Å². The smallest absolute Gasteiger partial charge is 0.0373 e. The van der Waals surface area contributed by atoms with Crippen LogP contribution in [0.25, 0.3) is 0 Å². The fraction of sp³-hybridized carbons (Fsp3) is 1.00. The molecule has 1 N–H and O–H groups in total. The molecule has 0 aromatic carbocycles. The van der Waals surface area contributed by atoms with Gasteiger partial charge in [0.2, 0.25) is 0 Å². The van der Waals surface area contributed by atoms with Crippen molar-refractivity contribution in [1.82, 2.24) is 15.1 Å². The van der Waals surface area contributed by atoms with Crippen molar-refractivity contribution in [3.63, 3.8) is 0 Å². The summed E-state index contributed by atoms with van der Waals surface area (Å²) in [5.74, 6) is 0.978. The van der Waals surface area contributed by atoms with E-state index in [1.165, 1.54) is 58.2 Å². The Labute approximate surface area is 119 Å². The zero-order valence-corrected chi connectivity index (χ0v) is 13.2. The highest BCUT2D eigenvalue weighted by molar-refractivity contribution is 4.89. The molecule has 112 valence electrons. The minimum Gasteiger partial charge on any atom is -0.313 e. The minimum absolute atomic E-state index is 0.679. The number of nitrogens with zero attached hydrogens (tertiary/aromatic N) is 2. The quantitative estimate of drug-likeness (QED) is 0.824. The molecule has 1 aliphatic carbocycles. The van der Waals surface area contributed by atoms with E-state index in [-0.39, 0.29) is 0 Å². The van der Waals surface area contributed by atoms with E-state index in [9.17, 15) is 0 Å². The van der Waals surface area contributed by atoms with E-state index in [1.807, 2.05) is 0 Å². The van der Waals surface area contributed by atoms with Gasteiger partial charge in [0, 0.05) is 18.6 Å². The molecule has 1 aliphatic heterocycles. The van der Waals surface area contributed by atoms with Crippen LogP contribution in [-0.4, -0.2) is 62.2 Å². The maximum absolute atomic E-state index is 3.79. The van der Waals surface area contributed by atoms with Gasteiger partial charge in [-0.2, -0.15) is 0 Å². The van der Waals surface area contributed by atoms with Gasteiger partial charge in [0.1, 0.15) is 0 Å². The molecule has 2 unspecified atom stereocenters. The zero-order chi connectivity index (χ0) is 13.7. The second kappa shape index (κ2) is 7.61. The Bertz CT molecular complexity index is 250. The van der Waals surface area contributed by atoms with Crippen molar-refractivity contribution in [2.24, 2.45) is 5.92 Å². The highest BCUT2D eigenvalue weighted by atomic mass is 15.2. The Hall–Kier alpha value is -0.120. The van der Waals surface area contributed by atoms with Crippen LogP contribution in [0.1, 0.15) is 45.4 Å². The average molecular weight is 267 g/mol. The predicted octanol–water partition coefficient (Wildman–Crippen LogP) is 2.18. The van der Waals surface area contributed by atoms with Gasteiger partial charge < -0.3 is 15.1 Å². The highest BCUT2D eigenvalue weighted by Gasteiger charge is 2.30. The zero-order valence-electron chi connectivity index (χ0n) is 13.2. The van der Waals surface area contributed by atoms with Gasteiger partial charge in [-0.25, -0.2) is 0 Å². The number of hydrogen-bond acceptors (Lipinski definition) is 3. The van der Waals surface area contributed by atoms with Crippen LogP contribution in [0.2, 0.25) is 0 Å². The van der Waals surface area contributed by atoms with Crippen molar-refractivity contribution in [2.75, 3.05) is 40.3 Å². The Balaban J connectivity index is 1.97. The van der Waals surface area contributed by atoms with E-state index in [0.29, 0.717) is 12.1 Å². The summed E-state index contributed by atoms with van der Waals surface area (Å²) in [7, 11) is 4.60. The maximum Gasteiger partial charge on any atom is 0.0373 e. The van der Waals surface area contributed by atoms with E-state index in [2.05, 4.69) is 36.1 Å². The molecule has 2 fully saturated rings. The molecule has 0 aromatic rings. The van der Waals surface area contributed by atoms with E-state index in [0.717, 1.165) is 12.5 Å². The van der Waals surface area contributed by atoms with Crippen LogP contribution in [-0.2, 0) is 0 Å². The molecule has 3 nitrogen and oxygen atoms in total. The summed E-state index contributed by atoms with van der Waals surface area (Å²) in [4.78, 5) is 5.12.